The van der Waals surface area contributed by atoms with Crippen molar-refractivity contribution in [3.05, 3.63) is 176 Å². The number of imidazole rings is 1. The van der Waals surface area contributed by atoms with Crippen LogP contribution < -0.4 is 9.61 Å². The van der Waals surface area contributed by atoms with Crippen LogP contribution in [0.3, 0.4) is 0 Å². The number of ether oxygens (including phenoxy) is 1. The van der Waals surface area contributed by atoms with Crippen LogP contribution in [0.5, 0.6) is 11.6 Å². The van der Waals surface area contributed by atoms with Crippen molar-refractivity contribution in [2.24, 2.45) is 7.05 Å². The van der Waals surface area contributed by atoms with Gasteiger partial charge in [0, 0.05) is 19.7 Å². The Hall–Kier alpha value is -5.47. The van der Waals surface area contributed by atoms with Crippen molar-refractivity contribution in [2.75, 3.05) is 0 Å². The number of pyridine rings is 1. The fourth-order valence-electron chi connectivity index (χ4n) is 5.98. The summed E-state index contributed by atoms with van der Waals surface area (Å²) < 4.78 is 9.56. The largest absolute Gasteiger partial charge is 0.494 e. The molecule has 1 N–H and O–H groups in total. The summed E-state index contributed by atoms with van der Waals surface area (Å²) in [5, 5.41) is 11.9. The van der Waals surface area contributed by atoms with Gasteiger partial charge in [0.2, 0.25) is 5.88 Å². The molecule has 3 aromatic heterocycles. The third kappa shape index (κ3) is 5.09. The Balaban J connectivity index is 1.22. The minimum Gasteiger partial charge on any atom is -0.494 e. The van der Waals surface area contributed by atoms with Crippen molar-refractivity contribution < 1.29 is 9.84 Å². The van der Waals surface area contributed by atoms with E-state index in [1.54, 1.807) is 10.8 Å². The van der Waals surface area contributed by atoms with Crippen molar-refractivity contribution in [1.82, 2.24) is 19.1 Å². The molecule has 0 aliphatic carbocycles. The fraction of sp³-hybridized carbons (Fsp3) is 0.108. The van der Waals surface area contributed by atoms with Crippen LogP contribution in [0, 0.1) is 0 Å². The van der Waals surface area contributed by atoms with E-state index < -0.39 is 5.54 Å². The molecular weight excluding hydrogens is 580 g/mol. The highest BCUT2D eigenvalue weighted by atomic mass is 32.1. The molecule has 0 atom stereocenters. The van der Waals surface area contributed by atoms with Gasteiger partial charge in [0.05, 0.1) is 10.4 Å². The Bertz CT molecular complexity index is 2020. The molecule has 45 heavy (non-hydrogen) atoms. The third-order valence-electron chi connectivity index (χ3n) is 8.17. The molecule has 0 bridgehead atoms. The van der Waals surface area contributed by atoms with Gasteiger partial charge in [-0.05, 0) is 46.5 Å². The number of rotatable bonds is 9. The summed E-state index contributed by atoms with van der Waals surface area (Å²) in [4.78, 5) is 23.2. The topological polar surface area (TPSA) is 82.2 Å². The summed E-state index contributed by atoms with van der Waals surface area (Å²) in [7, 11) is 1.95. The first-order chi connectivity index (χ1) is 22.1. The van der Waals surface area contributed by atoms with Gasteiger partial charge < -0.3 is 14.4 Å². The lowest BCUT2D eigenvalue weighted by molar-refractivity contribution is 0.292. The zero-order valence-electron chi connectivity index (χ0n) is 24.6. The van der Waals surface area contributed by atoms with E-state index in [1.165, 1.54) is 0 Å². The number of aromatic nitrogens is 4. The molecule has 0 unspecified atom stereocenters. The van der Waals surface area contributed by atoms with Gasteiger partial charge >= 0.3 is 4.87 Å². The molecule has 4 aromatic carbocycles. The van der Waals surface area contributed by atoms with Crippen LogP contribution in [0.4, 0.5) is 0 Å². The molecule has 7 aromatic rings. The van der Waals surface area contributed by atoms with Gasteiger partial charge in [-0.2, -0.15) is 0 Å². The zero-order valence-corrected chi connectivity index (χ0v) is 25.4. The first-order valence-electron chi connectivity index (χ1n) is 14.6. The Kier molecular flexibility index (Phi) is 7.49. The lowest BCUT2D eigenvalue weighted by atomic mass is 9.76. The molecule has 0 aliphatic heterocycles. The molecule has 0 radical (unpaired) electrons. The molecule has 3 heterocycles. The van der Waals surface area contributed by atoms with E-state index in [0.29, 0.717) is 29.3 Å². The normalized spacial score (nSPS) is 11.6. The van der Waals surface area contributed by atoms with Gasteiger partial charge in [-0.15, -0.1) is 0 Å². The first kappa shape index (κ1) is 28.3. The van der Waals surface area contributed by atoms with Crippen LogP contribution in [-0.4, -0.2) is 24.2 Å². The van der Waals surface area contributed by atoms with Gasteiger partial charge in [-0.1, -0.05) is 114 Å². The molecule has 8 heteroatoms. The number of hydrogen-bond donors (Lipinski definition) is 1. The van der Waals surface area contributed by atoms with E-state index >= 15 is 0 Å². The van der Waals surface area contributed by atoms with E-state index in [4.69, 9.17) is 4.74 Å². The number of thiazole rings is 1. The van der Waals surface area contributed by atoms with Crippen molar-refractivity contribution in [1.29, 1.82) is 0 Å². The van der Waals surface area contributed by atoms with E-state index in [-0.39, 0.29) is 10.8 Å². The summed E-state index contributed by atoms with van der Waals surface area (Å²) in [6.45, 7) is 0.304. The Morgan fingerprint density at radius 2 is 1.36 bits per heavy atom. The van der Waals surface area contributed by atoms with Crippen LogP contribution in [0.1, 0.15) is 33.0 Å². The molecule has 0 fully saturated rings. The average molecular weight is 611 g/mol. The maximum absolute atomic E-state index is 14.0. The van der Waals surface area contributed by atoms with Crippen LogP contribution >= 0.6 is 11.3 Å². The minimum atomic E-state index is -1.08. The molecule has 0 saturated carbocycles. The zero-order chi connectivity index (χ0) is 30.8. The second-order valence-electron chi connectivity index (χ2n) is 10.8. The predicted molar refractivity (Wildman–Crippen MR) is 177 cm³/mol. The summed E-state index contributed by atoms with van der Waals surface area (Å²) in [6, 6.07) is 41.2. The fourth-order valence-corrected chi connectivity index (χ4v) is 6.93. The standard InChI is InChI=1S/C37H30N4O3S/c1-40-31-18-11-23-38-34(31)39-33(40)25-44-30-21-19-26(20-22-30)24-32-35(42)41(36(43)45-32)37(27-12-5-2-6-13-27,28-14-7-3-8-15-28)29-16-9-4-10-17-29/h2-23,42H,24-25H2,1H3. The number of benzene rings is 4. The first-order valence-corrected chi connectivity index (χ1v) is 15.5. The van der Waals surface area contributed by atoms with Gasteiger partial charge in [0.25, 0.3) is 0 Å². The maximum atomic E-state index is 14.0. The molecule has 222 valence electrons. The molecule has 0 saturated heterocycles. The van der Waals surface area contributed by atoms with E-state index in [9.17, 15) is 9.90 Å². The summed E-state index contributed by atoms with van der Waals surface area (Å²) in [5.41, 5.74) is 4.14. The van der Waals surface area contributed by atoms with Gasteiger partial charge in [-0.3, -0.25) is 9.36 Å². The molecule has 0 amide bonds. The Morgan fingerprint density at radius 1 is 0.778 bits per heavy atom. The number of fused-ring (bicyclic) bond motifs is 1. The van der Waals surface area contributed by atoms with Gasteiger partial charge in [0.15, 0.2) is 5.65 Å². The highest BCUT2D eigenvalue weighted by Crippen LogP contribution is 2.43. The molecule has 0 spiro atoms. The lowest BCUT2D eigenvalue weighted by Crippen LogP contribution is -2.42. The van der Waals surface area contributed by atoms with Crippen LogP contribution in [-0.2, 0) is 25.6 Å². The highest BCUT2D eigenvalue weighted by Gasteiger charge is 2.42. The number of hydrogen-bond acceptors (Lipinski definition) is 6. The predicted octanol–water partition coefficient (Wildman–Crippen LogP) is 6.91. The van der Waals surface area contributed by atoms with Crippen LogP contribution in [0.25, 0.3) is 11.2 Å². The smallest absolute Gasteiger partial charge is 0.311 e. The molecular formula is C37H30N4O3S. The Morgan fingerprint density at radius 3 is 1.91 bits per heavy atom. The average Bonchev–Trinajstić information content (AvgIpc) is 3.56. The number of nitrogens with zero attached hydrogens (tertiary/aromatic N) is 4. The van der Waals surface area contributed by atoms with Crippen molar-refractivity contribution in [2.45, 2.75) is 18.6 Å². The van der Waals surface area contributed by atoms with E-state index in [0.717, 1.165) is 44.9 Å². The van der Waals surface area contributed by atoms with Crippen molar-refractivity contribution >= 4 is 22.5 Å². The molecule has 7 nitrogen and oxygen atoms in total. The van der Waals surface area contributed by atoms with E-state index in [1.807, 2.05) is 139 Å². The second kappa shape index (κ2) is 11.9. The summed E-state index contributed by atoms with van der Waals surface area (Å²) >= 11 is 1.07. The number of aromatic hydroxyl groups is 1. The monoisotopic (exact) mass is 610 g/mol. The quantitative estimate of drug-likeness (QED) is 0.180. The van der Waals surface area contributed by atoms with Gasteiger partial charge in [-0.25, -0.2) is 9.97 Å². The number of aryl methyl sites for hydroxylation is 1. The van der Waals surface area contributed by atoms with E-state index in [2.05, 4.69) is 9.97 Å². The van der Waals surface area contributed by atoms with Crippen molar-refractivity contribution in [3.63, 3.8) is 0 Å². The van der Waals surface area contributed by atoms with Crippen LogP contribution in [0.15, 0.2) is 138 Å². The highest BCUT2D eigenvalue weighted by molar-refractivity contribution is 7.09. The van der Waals surface area contributed by atoms with Crippen LogP contribution in [0.2, 0.25) is 0 Å². The molecule has 0 aliphatic rings. The Labute approximate surface area is 264 Å². The third-order valence-corrected chi connectivity index (χ3v) is 9.10. The second-order valence-corrected chi connectivity index (χ2v) is 11.8. The molecule has 7 rings (SSSR count). The maximum Gasteiger partial charge on any atom is 0.311 e. The van der Waals surface area contributed by atoms with Crippen molar-refractivity contribution in [3.8, 4) is 11.6 Å². The SMILES string of the molecule is Cn1c(COc2ccc(Cc3sc(=O)n(C(c4ccccc4)(c4ccccc4)c4ccccc4)c3O)cc2)nc2ncccc21. The van der Waals surface area contributed by atoms with Gasteiger partial charge in [0.1, 0.15) is 23.7 Å². The summed E-state index contributed by atoms with van der Waals surface area (Å²) in [6.07, 6.45) is 2.12. The minimum absolute atomic E-state index is 0.0441. The lowest BCUT2D eigenvalue weighted by Gasteiger charge is -2.37. The summed E-state index contributed by atoms with van der Waals surface area (Å²) in [5.74, 6) is 1.44.